The second-order valence-corrected chi connectivity index (χ2v) is 6.29. The highest BCUT2D eigenvalue weighted by molar-refractivity contribution is 5.94. The van der Waals surface area contributed by atoms with Crippen LogP contribution in [0.3, 0.4) is 0 Å². The molecular weight excluding hydrogens is 254 g/mol. The number of aliphatic carboxylic acids is 1. The number of carbonyl (C=O) groups is 2. The molecule has 1 aliphatic carbocycles. The van der Waals surface area contributed by atoms with Crippen molar-refractivity contribution in [3.8, 4) is 0 Å². The molecule has 0 heterocycles. The van der Waals surface area contributed by atoms with Crippen LogP contribution in [0.1, 0.15) is 33.6 Å². The maximum Gasteiger partial charge on any atom is 0.228 e. The van der Waals surface area contributed by atoms with E-state index in [2.05, 4.69) is 5.32 Å². The van der Waals surface area contributed by atoms with Gasteiger partial charge in [0.05, 0.1) is 0 Å². The van der Waals surface area contributed by atoms with Crippen LogP contribution in [0.15, 0.2) is 30.3 Å². The minimum absolute atomic E-state index is 0.119. The summed E-state index contributed by atoms with van der Waals surface area (Å²) in [6.07, 6.45) is 1.03. The number of para-hydroxylation sites is 1. The summed E-state index contributed by atoms with van der Waals surface area (Å²) in [5, 5.41) is 14.3. The lowest BCUT2D eigenvalue weighted by molar-refractivity contribution is -0.323. The van der Waals surface area contributed by atoms with Crippen LogP contribution >= 0.6 is 0 Å². The number of nitrogens with one attached hydrogen (secondary N) is 1. The Morgan fingerprint density at radius 2 is 1.80 bits per heavy atom. The Bertz CT molecular complexity index is 524. The van der Waals surface area contributed by atoms with Gasteiger partial charge in [-0.15, -0.1) is 0 Å². The molecule has 0 radical (unpaired) electrons. The number of hydrogen-bond acceptors (Lipinski definition) is 3. The molecule has 1 amide bonds. The van der Waals surface area contributed by atoms with E-state index in [9.17, 15) is 14.7 Å². The van der Waals surface area contributed by atoms with Gasteiger partial charge in [-0.1, -0.05) is 39.0 Å². The smallest absolute Gasteiger partial charge is 0.228 e. The van der Waals surface area contributed by atoms with Crippen LogP contribution in [-0.4, -0.2) is 11.9 Å². The second kappa shape index (κ2) is 4.93. The summed E-state index contributed by atoms with van der Waals surface area (Å²) in [6, 6.07) is 9.21. The monoisotopic (exact) mass is 274 g/mol. The van der Waals surface area contributed by atoms with Gasteiger partial charge in [-0.2, -0.15) is 0 Å². The molecule has 2 rings (SSSR count). The number of carbonyl (C=O) groups excluding carboxylic acids is 2. The molecule has 4 nitrogen and oxygen atoms in total. The van der Waals surface area contributed by atoms with Gasteiger partial charge in [0.2, 0.25) is 5.91 Å². The van der Waals surface area contributed by atoms with Crippen molar-refractivity contribution in [3.63, 3.8) is 0 Å². The molecule has 0 aliphatic heterocycles. The zero-order chi connectivity index (χ0) is 15.0. The van der Waals surface area contributed by atoms with Crippen LogP contribution in [0.2, 0.25) is 0 Å². The molecule has 0 spiro atoms. The summed E-state index contributed by atoms with van der Waals surface area (Å²) >= 11 is 0. The van der Waals surface area contributed by atoms with Gasteiger partial charge in [-0.25, -0.2) is 0 Å². The van der Waals surface area contributed by atoms with Gasteiger partial charge < -0.3 is 15.2 Å². The molecule has 20 heavy (non-hydrogen) atoms. The van der Waals surface area contributed by atoms with Gasteiger partial charge in [-0.3, -0.25) is 4.79 Å². The lowest BCUT2D eigenvalue weighted by Crippen LogP contribution is -2.49. The molecule has 0 saturated heterocycles. The van der Waals surface area contributed by atoms with E-state index >= 15 is 0 Å². The van der Waals surface area contributed by atoms with Crippen molar-refractivity contribution in [3.05, 3.63) is 30.3 Å². The fraction of sp³-hybridized carbons (Fsp3) is 0.500. The molecule has 1 saturated carbocycles. The van der Waals surface area contributed by atoms with Crippen molar-refractivity contribution in [2.45, 2.75) is 33.6 Å². The molecule has 2 unspecified atom stereocenters. The second-order valence-electron chi connectivity index (χ2n) is 6.29. The van der Waals surface area contributed by atoms with Crippen LogP contribution in [0.25, 0.3) is 0 Å². The highest BCUT2D eigenvalue weighted by Crippen LogP contribution is 2.55. The fourth-order valence-electron chi connectivity index (χ4n) is 3.08. The number of carboxylic acid groups (broad SMARTS) is 1. The minimum Gasteiger partial charge on any atom is -0.550 e. The van der Waals surface area contributed by atoms with E-state index in [1.807, 2.05) is 44.2 Å². The van der Waals surface area contributed by atoms with Crippen LogP contribution in [0, 0.1) is 16.7 Å². The highest BCUT2D eigenvalue weighted by Gasteiger charge is 2.54. The third kappa shape index (κ3) is 2.19. The number of benzene rings is 1. The van der Waals surface area contributed by atoms with Gasteiger partial charge in [0.25, 0.3) is 0 Å². The molecule has 1 aromatic carbocycles. The van der Waals surface area contributed by atoms with Gasteiger partial charge in [0.15, 0.2) is 0 Å². The van der Waals surface area contributed by atoms with Crippen LogP contribution in [0.4, 0.5) is 5.69 Å². The van der Waals surface area contributed by atoms with Gasteiger partial charge >= 0.3 is 0 Å². The Morgan fingerprint density at radius 3 is 2.30 bits per heavy atom. The molecule has 4 heteroatoms. The topological polar surface area (TPSA) is 69.2 Å². The quantitative estimate of drug-likeness (QED) is 0.914. The first-order valence-electron chi connectivity index (χ1n) is 6.86. The fourth-order valence-corrected chi connectivity index (χ4v) is 3.08. The molecular formula is C16H20NO3-. The summed E-state index contributed by atoms with van der Waals surface area (Å²) in [5.41, 5.74) is -0.869. The van der Waals surface area contributed by atoms with Crippen molar-refractivity contribution in [1.82, 2.24) is 0 Å². The van der Waals surface area contributed by atoms with E-state index in [0.29, 0.717) is 12.8 Å². The molecule has 0 bridgehead atoms. The predicted octanol–water partition coefficient (Wildman–Crippen LogP) is 1.82. The first-order chi connectivity index (χ1) is 9.29. The number of anilines is 1. The maximum absolute atomic E-state index is 12.4. The van der Waals surface area contributed by atoms with Crippen LogP contribution < -0.4 is 10.4 Å². The number of rotatable bonds is 3. The van der Waals surface area contributed by atoms with Crippen molar-refractivity contribution >= 4 is 17.6 Å². The van der Waals surface area contributed by atoms with Crippen molar-refractivity contribution in [2.24, 2.45) is 16.7 Å². The van der Waals surface area contributed by atoms with E-state index in [4.69, 9.17) is 0 Å². The molecule has 1 N–H and O–H groups in total. The first kappa shape index (κ1) is 14.6. The third-order valence-corrected chi connectivity index (χ3v) is 5.03. The van der Waals surface area contributed by atoms with E-state index in [1.165, 1.54) is 0 Å². The third-order valence-electron chi connectivity index (χ3n) is 5.03. The molecule has 0 aromatic heterocycles. The Balaban J connectivity index is 2.18. The van der Waals surface area contributed by atoms with Crippen molar-refractivity contribution in [2.75, 3.05) is 5.32 Å². The summed E-state index contributed by atoms with van der Waals surface area (Å²) < 4.78 is 0. The Labute approximate surface area is 119 Å². The normalized spacial score (nSPS) is 28.1. The van der Waals surface area contributed by atoms with E-state index in [1.54, 1.807) is 6.92 Å². The average Bonchev–Trinajstić information content (AvgIpc) is 2.63. The molecule has 2 atom stereocenters. The van der Waals surface area contributed by atoms with Crippen LogP contribution in [-0.2, 0) is 9.59 Å². The zero-order valence-electron chi connectivity index (χ0n) is 12.1. The Kier molecular flexibility index (Phi) is 3.59. The van der Waals surface area contributed by atoms with Gasteiger partial charge in [0.1, 0.15) is 0 Å². The maximum atomic E-state index is 12.4. The largest absolute Gasteiger partial charge is 0.550 e. The minimum atomic E-state index is -1.07. The molecule has 1 aromatic rings. The Morgan fingerprint density at radius 1 is 1.20 bits per heavy atom. The predicted molar refractivity (Wildman–Crippen MR) is 74.7 cm³/mol. The van der Waals surface area contributed by atoms with Crippen LogP contribution in [0.5, 0.6) is 0 Å². The molecule has 108 valence electrons. The summed E-state index contributed by atoms with van der Waals surface area (Å²) in [5.74, 6) is -1.52. The molecule has 1 aliphatic rings. The zero-order valence-corrected chi connectivity index (χ0v) is 12.1. The average molecular weight is 274 g/mol. The van der Waals surface area contributed by atoms with Gasteiger partial charge in [-0.05, 0) is 30.4 Å². The van der Waals surface area contributed by atoms with Crippen molar-refractivity contribution in [1.29, 1.82) is 0 Å². The number of carboxylic acids is 1. The van der Waals surface area contributed by atoms with Gasteiger partial charge in [0, 0.05) is 23.0 Å². The standard InChI is InChI=1S/C16H21NO3/c1-15(2)12(9-10-16(15,3)14(19)20)13(18)17-11-7-5-4-6-8-11/h4-8,12H,9-10H2,1-3H3,(H,17,18)(H,19,20)/p-1. The summed E-state index contributed by atoms with van der Waals surface area (Å²) in [7, 11) is 0. The summed E-state index contributed by atoms with van der Waals surface area (Å²) in [4.78, 5) is 23.8. The number of amides is 1. The summed E-state index contributed by atoms with van der Waals surface area (Å²) in [6.45, 7) is 5.36. The highest BCUT2D eigenvalue weighted by atomic mass is 16.4. The van der Waals surface area contributed by atoms with E-state index in [-0.39, 0.29) is 11.8 Å². The Hall–Kier alpha value is -1.84. The SMILES string of the molecule is CC1(C(=O)[O-])CCC(C(=O)Nc2ccccc2)C1(C)C. The van der Waals surface area contributed by atoms with E-state index < -0.39 is 16.8 Å². The lowest BCUT2D eigenvalue weighted by Gasteiger charge is -2.41. The van der Waals surface area contributed by atoms with Crippen molar-refractivity contribution < 1.29 is 14.7 Å². The van der Waals surface area contributed by atoms with E-state index in [0.717, 1.165) is 5.69 Å². The lowest BCUT2D eigenvalue weighted by atomic mass is 9.65. The number of hydrogen-bond donors (Lipinski definition) is 1. The molecule has 1 fully saturated rings. The first-order valence-corrected chi connectivity index (χ1v) is 6.86.